The van der Waals surface area contributed by atoms with Crippen LogP contribution in [0.4, 0.5) is 5.69 Å². The lowest BCUT2D eigenvalue weighted by atomic mass is 10.0. The molecule has 3 aromatic rings. The van der Waals surface area contributed by atoms with Crippen LogP contribution in [-0.2, 0) is 14.8 Å². The normalized spacial score (nSPS) is 11.3. The van der Waals surface area contributed by atoms with E-state index >= 15 is 0 Å². The van der Waals surface area contributed by atoms with Crippen LogP contribution in [0.3, 0.4) is 0 Å². The van der Waals surface area contributed by atoms with Gasteiger partial charge in [0, 0.05) is 0 Å². The summed E-state index contributed by atoms with van der Waals surface area (Å²) in [5, 5.41) is 2.78. The minimum absolute atomic E-state index is 0.141. The molecule has 0 aliphatic rings. The van der Waals surface area contributed by atoms with Crippen molar-refractivity contribution in [1.29, 1.82) is 0 Å². The highest BCUT2D eigenvalue weighted by Crippen LogP contribution is 2.27. The van der Waals surface area contributed by atoms with Crippen LogP contribution in [0.1, 0.15) is 36.5 Å². The zero-order chi connectivity index (χ0) is 24.7. The van der Waals surface area contributed by atoms with Crippen LogP contribution in [0.5, 0.6) is 5.75 Å². The maximum Gasteiger partial charge on any atom is 0.264 e. The van der Waals surface area contributed by atoms with Crippen molar-refractivity contribution in [3.8, 4) is 5.75 Å². The molecular formula is C27H32N2O4S. The summed E-state index contributed by atoms with van der Waals surface area (Å²) in [5.41, 5.74) is 3.29. The first-order chi connectivity index (χ1) is 16.2. The molecule has 34 heavy (non-hydrogen) atoms. The lowest BCUT2D eigenvalue weighted by Gasteiger charge is -2.25. The van der Waals surface area contributed by atoms with Gasteiger partial charge in [0.2, 0.25) is 5.91 Å². The van der Waals surface area contributed by atoms with E-state index in [9.17, 15) is 13.2 Å². The van der Waals surface area contributed by atoms with Crippen LogP contribution in [0.2, 0.25) is 0 Å². The van der Waals surface area contributed by atoms with E-state index in [2.05, 4.69) is 19.2 Å². The van der Waals surface area contributed by atoms with Gasteiger partial charge in [-0.2, -0.15) is 0 Å². The number of hydrogen-bond donors (Lipinski definition) is 1. The van der Waals surface area contributed by atoms with Crippen molar-refractivity contribution in [1.82, 2.24) is 5.32 Å². The Morgan fingerprint density at radius 2 is 1.59 bits per heavy atom. The predicted octanol–water partition coefficient (Wildman–Crippen LogP) is 4.82. The average molecular weight is 481 g/mol. The van der Waals surface area contributed by atoms with Crippen molar-refractivity contribution in [3.05, 3.63) is 89.5 Å². The van der Waals surface area contributed by atoms with E-state index in [1.54, 1.807) is 36.4 Å². The van der Waals surface area contributed by atoms with Gasteiger partial charge in [-0.25, -0.2) is 8.42 Å². The number of rotatable bonds is 10. The minimum Gasteiger partial charge on any atom is -0.491 e. The molecule has 0 aromatic heterocycles. The third-order valence-electron chi connectivity index (χ3n) is 5.50. The molecule has 3 rings (SSSR count). The van der Waals surface area contributed by atoms with E-state index in [-0.39, 0.29) is 24.6 Å². The van der Waals surface area contributed by atoms with Crippen molar-refractivity contribution >= 4 is 21.6 Å². The number of ether oxygens (including phenoxy) is 1. The number of hydrogen-bond acceptors (Lipinski definition) is 4. The second-order valence-corrected chi connectivity index (χ2v) is 10.4. The van der Waals surface area contributed by atoms with Gasteiger partial charge < -0.3 is 10.1 Å². The molecular weight excluding hydrogens is 448 g/mol. The minimum atomic E-state index is -3.94. The van der Waals surface area contributed by atoms with E-state index in [1.165, 1.54) is 0 Å². The SMILES string of the molecule is Cc1ccc(S(=O)(=O)N(CC(=O)NCCOc2ccccc2C(C)C)c2ccccc2C)cc1. The molecule has 7 heteroatoms. The van der Waals surface area contributed by atoms with E-state index < -0.39 is 15.9 Å². The van der Waals surface area contributed by atoms with Crippen molar-refractivity contribution in [2.45, 2.75) is 38.5 Å². The summed E-state index contributed by atoms with van der Waals surface area (Å²) in [6.07, 6.45) is 0. The molecule has 0 aliphatic carbocycles. The van der Waals surface area contributed by atoms with E-state index in [0.29, 0.717) is 11.6 Å². The summed E-state index contributed by atoms with van der Waals surface area (Å²) in [6.45, 7) is 8.12. The van der Waals surface area contributed by atoms with Crippen molar-refractivity contribution in [2.75, 3.05) is 24.0 Å². The van der Waals surface area contributed by atoms with Crippen LogP contribution < -0.4 is 14.4 Å². The first-order valence-corrected chi connectivity index (χ1v) is 12.8. The summed E-state index contributed by atoms with van der Waals surface area (Å²) in [6, 6.07) is 21.6. The zero-order valence-electron chi connectivity index (χ0n) is 20.1. The number of carbonyl (C=O) groups excluding carboxylic acids is 1. The largest absolute Gasteiger partial charge is 0.491 e. The highest BCUT2D eigenvalue weighted by molar-refractivity contribution is 7.92. The molecule has 0 radical (unpaired) electrons. The fourth-order valence-corrected chi connectivity index (χ4v) is 5.09. The maximum absolute atomic E-state index is 13.5. The number of aryl methyl sites for hydroxylation is 2. The molecule has 3 aromatic carbocycles. The molecule has 180 valence electrons. The lowest BCUT2D eigenvalue weighted by molar-refractivity contribution is -0.119. The molecule has 0 unspecified atom stereocenters. The molecule has 1 N–H and O–H groups in total. The Balaban J connectivity index is 1.71. The van der Waals surface area contributed by atoms with Gasteiger partial charge >= 0.3 is 0 Å². The Kier molecular flexibility index (Phi) is 8.34. The first kappa shape index (κ1) is 25.3. The Morgan fingerprint density at radius 1 is 0.941 bits per heavy atom. The Hall–Kier alpha value is -3.32. The molecule has 0 saturated carbocycles. The van der Waals surface area contributed by atoms with Gasteiger partial charge in [0.1, 0.15) is 18.9 Å². The standard InChI is InChI=1S/C27H32N2O4S/c1-20(2)24-10-6-8-12-26(24)33-18-17-28-27(30)19-29(25-11-7-5-9-22(25)4)34(31,32)23-15-13-21(3)14-16-23/h5-16,20H,17-19H2,1-4H3,(H,28,30). The van der Waals surface area contributed by atoms with Crippen molar-refractivity contribution in [2.24, 2.45) is 0 Å². The van der Waals surface area contributed by atoms with E-state index in [1.807, 2.05) is 50.2 Å². The molecule has 0 bridgehead atoms. The second kappa shape index (κ2) is 11.2. The molecule has 1 amide bonds. The summed E-state index contributed by atoms with van der Waals surface area (Å²) in [7, 11) is -3.94. The summed E-state index contributed by atoms with van der Waals surface area (Å²) in [4.78, 5) is 12.9. The highest BCUT2D eigenvalue weighted by atomic mass is 32.2. The number of benzene rings is 3. The van der Waals surface area contributed by atoms with Crippen molar-refractivity contribution in [3.63, 3.8) is 0 Å². The number of amides is 1. The molecule has 0 fully saturated rings. The molecule has 0 atom stereocenters. The fraction of sp³-hybridized carbons (Fsp3) is 0.296. The maximum atomic E-state index is 13.5. The summed E-state index contributed by atoms with van der Waals surface area (Å²) < 4.78 is 34.0. The highest BCUT2D eigenvalue weighted by Gasteiger charge is 2.28. The van der Waals surface area contributed by atoms with Gasteiger partial charge in [-0.3, -0.25) is 9.10 Å². The average Bonchev–Trinajstić information content (AvgIpc) is 2.81. The zero-order valence-corrected chi connectivity index (χ0v) is 20.9. The monoisotopic (exact) mass is 480 g/mol. The first-order valence-electron chi connectivity index (χ1n) is 11.3. The Bertz CT molecular complexity index is 1220. The Morgan fingerprint density at radius 3 is 2.26 bits per heavy atom. The number of anilines is 1. The van der Waals surface area contributed by atoms with Gasteiger partial charge in [0.25, 0.3) is 10.0 Å². The summed E-state index contributed by atoms with van der Waals surface area (Å²) >= 11 is 0. The molecule has 0 saturated heterocycles. The second-order valence-electron chi connectivity index (χ2n) is 8.50. The van der Waals surface area contributed by atoms with Gasteiger partial charge in [-0.15, -0.1) is 0 Å². The number of para-hydroxylation sites is 2. The molecule has 0 spiro atoms. The Labute approximate surface area is 202 Å². The predicted molar refractivity (Wildman–Crippen MR) is 136 cm³/mol. The third kappa shape index (κ3) is 6.17. The van der Waals surface area contributed by atoms with E-state index in [0.717, 1.165) is 26.7 Å². The van der Waals surface area contributed by atoms with Crippen LogP contribution in [0.15, 0.2) is 77.7 Å². The van der Waals surface area contributed by atoms with Crippen molar-refractivity contribution < 1.29 is 17.9 Å². The van der Waals surface area contributed by atoms with Crippen LogP contribution in [0.25, 0.3) is 0 Å². The van der Waals surface area contributed by atoms with Gasteiger partial charge in [-0.1, -0.05) is 67.9 Å². The fourth-order valence-electron chi connectivity index (χ4n) is 3.61. The molecule has 0 aliphatic heterocycles. The van der Waals surface area contributed by atoms with Gasteiger partial charge in [0.05, 0.1) is 17.1 Å². The number of sulfonamides is 1. The quantitative estimate of drug-likeness (QED) is 0.422. The number of nitrogens with one attached hydrogen (secondary N) is 1. The molecule has 6 nitrogen and oxygen atoms in total. The third-order valence-corrected chi connectivity index (χ3v) is 7.28. The number of nitrogens with zero attached hydrogens (tertiary/aromatic N) is 1. The van der Waals surface area contributed by atoms with Gasteiger partial charge in [-0.05, 0) is 55.2 Å². The number of carbonyl (C=O) groups is 1. The van der Waals surface area contributed by atoms with Crippen LogP contribution in [-0.4, -0.2) is 34.0 Å². The van der Waals surface area contributed by atoms with Gasteiger partial charge in [0.15, 0.2) is 0 Å². The smallest absolute Gasteiger partial charge is 0.264 e. The van der Waals surface area contributed by atoms with Crippen LogP contribution in [0, 0.1) is 13.8 Å². The summed E-state index contributed by atoms with van der Waals surface area (Å²) in [5.74, 6) is 0.704. The molecule has 0 heterocycles. The van der Waals surface area contributed by atoms with Crippen LogP contribution >= 0.6 is 0 Å². The topological polar surface area (TPSA) is 75.7 Å². The lowest BCUT2D eigenvalue weighted by Crippen LogP contribution is -2.42. The van der Waals surface area contributed by atoms with E-state index in [4.69, 9.17) is 4.74 Å².